The van der Waals surface area contributed by atoms with Gasteiger partial charge in [0.15, 0.2) is 0 Å². The lowest BCUT2D eigenvalue weighted by Crippen LogP contribution is -2.46. The van der Waals surface area contributed by atoms with Crippen LogP contribution < -0.4 is 4.74 Å². The largest absolute Gasteiger partial charge is 0.481 e. The summed E-state index contributed by atoms with van der Waals surface area (Å²) in [5.41, 5.74) is 0.697. The molecule has 0 bridgehead atoms. The van der Waals surface area contributed by atoms with Gasteiger partial charge in [-0.1, -0.05) is 18.2 Å². The number of aliphatic carboxylic acids is 1. The van der Waals surface area contributed by atoms with Gasteiger partial charge in [0, 0.05) is 16.9 Å². The van der Waals surface area contributed by atoms with Crippen molar-refractivity contribution in [1.29, 1.82) is 0 Å². The van der Waals surface area contributed by atoms with Crippen LogP contribution in [-0.2, 0) is 15.1 Å². The van der Waals surface area contributed by atoms with E-state index in [0.29, 0.717) is 24.0 Å². The Morgan fingerprint density at radius 1 is 1.17 bits per heavy atom. The van der Waals surface area contributed by atoms with E-state index in [4.69, 9.17) is 14.6 Å². The third-order valence-electron chi connectivity index (χ3n) is 8.35. The van der Waals surface area contributed by atoms with Crippen LogP contribution in [0, 0.1) is 28.5 Å². The summed E-state index contributed by atoms with van der Waals surface area (Å²) < 4.78 is 26.9. The summed E-state index contributed by atoms with van der Waals surface area (Å²) in [5.74, 6) is 0.389. The SMILES string of the molecule is O=C(O)C1CC1CCC12COC3(c4cc(F)cc(Oc5ccccc5)c4)CCC13C2. The molecule has 4 fully saturated rings. The van der Waals surface area contributed by atoms with Gasteiger partial charge in [0.1, 0.15) is 17.3 Å². The van der Waals surface area contributed by atoms with Crippen molar-refractivity contribution in [3.8, 4) is 11.5 Å². The van der Waals surface area contributed by atoms with Crippen molar-refractivity contribution in [1.82, 2.24) is 0 Å². The number of hydrogen-bond donors (Lipinski definition) is 1. The highest BCUT2D eigenvalue weighted by atomic mass is 19.1. The van der Waals surface area contributed by atoms with Crippen LogP contribution in [0.4, 0.5) is 4.39 Å². The van der Waals surface area contributed by atoms with E-state index < -0.39 is 11.6 Å². The summed E-state index contributed by atoms with van der Waals surface area (Å²) in [4.78, 5) is 11.1. The van der Waals surface area contributed by atoms with Crippen LogP contribution in [0.1, 0.15) is 44.1 Å². The Labute approximate surface area is 175 Å². The Morgan fingerprint density at radius 2 is 2.00 bits per heavy atom. The van der Waals surface area contributed by atoms with Crippen molar-refractivity contribution in [3.05, 3.63) is 59.9 Å². The molecular formula is C25H25FO4. The van der Waals surface area contributed by atoms with E-state index in [-0.39, 0.29) is 22.6 Å². The second-order valence-corrected chi connectivity index (χ2v) is 9.72. The van der Waals surface area contributed by atoms with Crippen molar-refractivity contribution in [2.45, 2.75) is 44.1 Å². The maximum Gasteiger partial charge on any atom is 0.306 e. The first-order valence-electron chi connectivity index (χ1n) is 10.9. The number of hydrogen-bond acceptors (Lipinski definition) is 3. The molecular weight excluding hydrogens is 383 g/mol. The second-order valence-electron chi connectivity index (χ2n) is 9.72. The van der Waals surface area contributed by atoms with Gasteiger partial charge in [0.05, 0.1) is 18.1 Å². The van der Waals surface area contributed by atoms with E-state index in [1.54, 1.807) is 6.07 Å². The van der Waals surface area contributed by atoms with E-state index in [9.17, 15) is 9.18 Å². The Hall–Kier alpha value is -2.40. The minimum Gasteiger partial charge on any atom is -0.481 e. The Bertz CT molecular complexity index is 1020. The molecule has 4 aliphatic rings. The molecule has 5 unspecified atom stereocenters. The topological polar surface area (TPSA) is 55.8 Å². The van der Waals surface area contributed by atoms with E-state index >= 15 is 0 Å². The highest BCUT2D eigenvalue weighted by Gasteiger charge is 2.85. The van der Waals surface area contributed by atoms with Gasteiger partial charge < -0.3 is 14.6 Å². The number of carboxylic acids is 1. The van der Waals surface area contributed by atoms with Crippen molar-refractivity contribution in [2.24, 2.45) is 22.7 Å². The fraction of sp³-hybridized carbons (Fsp3) is 0.480. The maximum absolute atomic E-state index is 14.5. The normalized spacial score (nSPS) is 37.6. The molecule has 1 heterocycles. The van der Waals surface area contributed by atoms with E-state index in [1.165, 1.54) is 6.07 Å². The molecule has 1 N–H and O–H groups in total. The van der Waals surface area contributed by atoms with Gasteiger partial charge >= 0.3 is 5.97 Å². The highest BCUT2D eigenvalue weighted by molar-refractivity contribution is 5.73. The molecule has 4 nitrogen and oxygen atoms in total. The third kappa shape index (κ3) is 2.45. The molecule has 0 aromatic heterocycles. The van der Waals surface area contributed by atoms with Crippen molar-refractivity contribution >= 4 is 5.97 Å². The molecule has 3 saturated carbocycles. The number of benzene rings is 2. The summed E-state index contributed by atoms with van der Waals surface area (Å²) in [7, 11) is 0. The van der Waals surface area contributed by atoms with Crippen LogP contribution in [0.15, 0.2) is 48.5 Å². The number of para-hydroxylation sites is 1. The number of rotatable bonds is 7. The van der Waals surface area contributed by atoms with Crippen LogP contribution in [0.25, 0.3) is 0 Å². The lowest BCUT2D eigenvalue weighted by Gasteiger charge is -2.48. The average molecular weight is 408 g/mol. The summed E-state index contributed by atoms with van der Waals surface area (Å²) in [6.45, 7) is 0.697. The number of halogens is 1. The zero-order chi connectivity index (χ0) is 20.6. The molecule has 0 amide bonds. The predicted molar refractivity (Wildman–Crippen MR) is 108 cm³/mol. The van der Waals surface area contributed by atoms with Gasteiger partial charge in [-0.05, 0) is 74.3 Å². The Morgan fingerprint density at radius 3 is 2.70 bits per heavy atom. The molecule has 1 aliphatic heterocycles. The molecule has 6 rings (SSSR count). The minimum atomic E-state index is -0.658. The minimum absolute atomic E-state index is 0.0887. The van der Waals surface area contributed by atoms with E-state index in [1.807, 2.05) is 36.4 Å². The first-order valence-corrected chi connectivity index (χ1v) is 10.9. The van der Waals surface area contributed by atoms with Crippen molar-refractivity contribution in [3.63, 3.8) is 0 Å². The summed E-state index contributed by atoms with van der Waals surface area (Å²) >= 11 is 0. The molecule has 0 radical (unpaired) electrons. The quantitative estimate of drug-likeness (QED) is 0.656. The Balaban J connectivity index is 1.23. The van der Waals surface area contributed by atoms with E-state index in [0.717, 1.165) is 44.1 Å². The van der Waals surface area contributed by atoms with Gasteiger partial charge in [-0.15, -0.1) is 0 Å². The van der Waals surface area contributed by atoms with Crippen LogP contribution in [-0.4, -0.2) is 17.7 Å². The second kappa shape index (κ2) is 6.07. The smallest absolute Gasteiger partial charge is 0.306 e. The third-order valence-corrected chi connectivity index (χ3v) is 8.35. The van der Waals surface area contributed by atoms with Crippen LogP contribution in [0.2, 0.25) is 0 Å². The van der Waals surface area contributed by atoms with Crippen molar-refractivity contribution in [2.75, 3.05) is 6.61 Å². The van der Waals surface area contributed by atoms with Gasteiger partial charge in [-0.25, -0.2) is 4.39 Å². The molecule has 30 heavy (non-hydrogen) atoms. The average Bonchev–Trinajstić information content (AvgIpc) is 3.59. The van der Waals surface area contributed by atoms with Gasteiger partial charge in [-0.2, -0.15) is 0 Å². The fourth-order valence-corrected chi connectivity index (χ4v) is 6.49. The monoisotopic (exact) mass is 408 g/mol. The van der Waals surface area contributed by atoms with E-state index in [2.05, 4.69) is 0 Å². The molecule has 1 spiro atoms. The molecule has 2 aromatic carbocycles. The summed E-state index contributed by atoms with van der Waals surface area (Å²) in [6.07, 6.45) is 5.91. The van der Waals surface area contributed by atoms with Gasteiger partial charge in [0.25, 0.3) is 0 Å². The lowest BCUT2D eigenvalue weighted by atomic mass is 9.60. The number of carbonyl (C=O) groups is 1. The molecule has 156 valence electrons. The molecule has 1 saturated heterocycles. The van der Waals surface area contributed by atoms with Crippen molar-refractivity contribution < 1.29 is 23.8 Å². The standard InChI is InChI=1S/C25H25FO4/c26-18-11-17(12-20(13-18)30-19-4-2-1-3-5-19)25-9-8-24(25)14-23(24,15-29-25)7-6-16-10-21(16)22(27)28/h1-5,11-13,16,21H,6-10,14-15H2,(H,27,28). The first-order chi connectivity index (χ1) is 14.5. The summed E-state index contributed by atoms with van der Waals surface area (Å²) in [6, 6.07) is 14.4. The number of carboxylic acid groups (broad SMARTS) is 1. The maximum atomic E-state index is 14.5. The molecule has 2 aromatic rings. The van der Waals surface area contributed by atoms with Crippen LogP contribution in [0.3, 0.4) is 0 Å². The zero-order valence-corrected chi connectivity index (χ0v) is 16.8. The summed E-state index contributed by atoms with van der Waals surface area (Å²) in [5, 5.41) is 9.17. The first kappa shape index (κ1) is 18.4. The van der Waals surface area contributed by atoms with Crippen LogP contribution in [0.5, 0.6) is 11.5 Å². The zero-order valence-electron chi connectivity index (χ0n) is 16.8. The fourth-order valence-electron chi connectivity index (χ4n) is 6.49. The number of ether oxygens (including phenoxy) is 2. The predicted octanol–water partition coefficient (Wildman–Crippen LogP) is 5.51. The van der Waals surface area contributed by atoms with Gasteiger partial charge in [-0.3, -0.25) is 4.79 Å². The molecule has 3 aliphatic carbocycles. The Kier molecular flexibility index (Phi) is 3.72. The van der Waals surface area contributed by atoms with Gasteiger partial charge in [0.2, 0.25) is 0 Å². The molecule has 5 heteroatoms. The molecule has 5 atom stereocenters. The highest BCUT2D eigenvalue weighted by Crippen LogP contribution is 2.87. The lowest BCUT2D eigenvalue weighted by molar-refractivity contribution is -0.138. The van der Waals surface area contributed by atoms with Crippen LogP contribution >= 0.6 is 0 Å².